The third-order valence-electron chi connectivity index (χ3n) is 3.78. The molecule has 24 heavy (non-hydrogen) atoms. The highest BCUT2D eigenvalue weighted by molar-refractivity contribution is 6.31. The lowest BCUT2D eigenvalue weighted by atomic mass is 10.1. The Bertz CT molecular complexity index is 1040. The predicted molar refractivity (Wildman–Crippen MR) is 90.6 cm³/mol. The van der Waals surface area contributed by atoms with Gasteiger partial charge in [0.25, 0.3) is 0 Å². The number of hydrogen-bond acceptors (Lipinski definition) is 3. The summed E-state index contributed by atoms with van der Waals surface area (Å²) in [5.41, 5.74) is 3.19. The maximum Gasteiger partial charge on any atom is 0.142 e. The van der Waals surface area contributed by atoms with Gasteiger partial charge in [0.2, 0.25) is 0 Å². The molecule has 0 unspecified atom stereocenters. The van der Waals surface area contributed by atoms with E-state index in [4.69, 9.17) is 16.3 Å². The summed E-state index contributed by atoms with van der Waals surface area (Å²) in [4.78, 5) is 7.71. The van der Waals surface area contributed by atoms with Crippen molar-refractivity contribution in [3.05, 3.63) is 53.4 Å². The first-order valence-corrected chi connectivity index (χ1v) is 7.56. The zero-order valence-corrected chi connectivity index (χ0v) is 13.4. The Morgan fingerprint density at radius 2 is 2.00 bits per heavy atom. The second kappa shape index (κ2) is 5.65. The van der Waals surface area contributed by atoms with Crippen LogP contribution in [0.4, 0.5) is 4.39 Å². The van der Waals surface area contributed by atoms with Gasteiger partial charge in [-0.25, -0.2) is 9.37 Å². The van der Waals surface area contributed by atoms with Crippen LogP contribution in [0.25, 0.3) is 33.7 Å². The standard InChI is InChI=1S/C17H12ClFN4O/c1-24-10-3-4-11(13(19)7-10)16-12(8-20-23-16)17-21-14-5-2-9(18)6-15(14)22-17/h2-8H,1H3,(H,20,23)(H,21,22). The van der Waals surface area contributed by atoms with Gasteiger partial charge in [-0.2, -0.15) is 5.10 Å². The van der Waals surface area contributed by atoms with Gasteiger partial charge >= 0.3 is 0 Å². The van der Waals surface area contributed by atoms with Crippen molar-refractivity contribution in [3.63, 3.8) is 0 Å². The number of aromatic amines is 2. The van der Waals surface area contributed by atoms with Gasteiger partial charge in [-0.15, -0.1) is 0 Å². The molecule has 120 valence electrons. The van der Waals surface area contributed by atoms with E-state index in [1.54, 1.807) is 30.5 Å². The van der Waals surface area contributed by atoms with Crippen LogP contribution in [0.5, 0.6) is 5.75 Å². The molecule has 2 N–H and O–H groups in total. The molecular formula is C17H12ClFN4O. The van der Waals surface area contributed by atoms with Gasteiger partial charge in [0.15, 0.2) is 0 Å². The summed E-state index contributed by atoms with van der Waals surface area (Å²) >= 11 is 6.00. The van der Waals surface area contributed by atoms with Gasteiger partial charge in [-0.1, -0.05) is 11.6 Å². The van der Waals surface area contributed by atoms with E-state index < -0.39 is 5.82 Å². The minimum Gasteiger partial charge on any atom is -0.497 e. The van der Waals surface area contributed by atoms with Crippen LogP contribution in [-0.2, 0) is 0 Å². The van der Waals surface area contributed by atoms with Crippen LogP contribution >= 0.6 is 11.6 Å². The molecular weight excluding hydrogens is 331 g/mol. The Morgan fingerprint density at radius 3 is 2.79 bits per heavy atom. The summed E-state index contributed by atoms with van der Waals surface area (Å²) in [7, 11) is 1.50. The third-order valence-corrected chi connectivity index (χ3v) is 4.02. The highest BCUT2D eigenvalue weighted by Gasteiger charge is 2.17. The zero-order chi connectivity index (χ0) is 16.7. The first-order chi connectivity index (χ1) is 11.7. The van der Waals surface area contributed by atoms with E-state index in [9.17, 15) is 4.39 Å². The zero-order valence-electron chi connectivity index (χ0n) is 12.6. The molecule has 0 fully saturated rings. The molecule has 2 heterocycles. The van der Waals surface area contributed by atoms with Crippen molar-refractivity contribution < 1.29 is 9.13 Å². The molecule has 2 aromatic heterocycles. The topological polar surface area (TPSA) is 66.6 Å². The Morgan fingerprint density at radius 1 is 1.12 bits per heavy atom. The lowest BCUT2D eigenvalue weighted by Crippen LogP contribution is -1.90. The first-order valence-electron chi connectivity index (χ1n) is 7.18. The van der Waals surface area contributed by atoms with Crippen LogP contribution in [-0.4, -0.2) is 27.3 Å². The van der Waals surface area contributed by atoms with Gasteiger partial charge in [-0.05, 0) is 30.3 Å². The van der Waals surface area contributed by atoms with Crippen LogP contribution in [0.2, 0.25) is 5.02 Å². The Labute approximate surface area is 141 Å². The monoisotopic (exact) mass is 342 g/mol. The quantitative estimate of drug-likeness (QED) is 0.579. The molecule has 5 nitrogen and oxygen atoms in total. The number of imidazole rings is 1. The number of benzene rings is 2. The summed E-state index contributed by atoms with van der Waals surface area (Å²) in [5, 5.41) is 7.49. The van der Waals surface area contributed by atoms with Gasteiger partial charge in [-0.3, -0.25) is 5.10 Å². The van der Waals surface area contributed by atoms with Crippen molar-refractivity contribution in [1.29, 1.82) is 0 Å². The van der Waals surface area contributed by atoms with Crippen molar-refractivity contribution >= 4 is 22.6 Å². The molecule has 0 atom stereocenters. The first kappa shape index (κ1) is 14.7. The molecule has 0 saturated heterocycles. The second-order valence-electron chi connectivity index (χ2n) is 5.25. The Hall–Kier alpha value is -2.86. The molecule has 0 aliphatic rings. The number of hydrogen-bond donors (Lipinski definition) is 2. The number of fused-ring (bicyclic) bond motifs is 1. The average molecular weight is 343 g/mol. The Balaban J connectivity index is 1.84. The minimum atomic E-state index is -0.404. The minimum absolute atomic E-state index is 0.391. The fraction of sp³-hybridized carbons (Fsp3) is 0.0588. The van der Waals surface area contributed by atoms with Gasteiger partial charge < -0.3 is 9.72 Å². The number of aromatic nitrogens is 4. The van der Waals surface area contributed by atoms with E-state index in [1.807, 2.05) is 6.07 Å². The van der Waals surface area contributed by atoms with Gasteiger partial charge in [0.05, 0.1) is 35.6 Å². The molecule has 7 heteroatoms. The van der Waals surface area contributed by atoms with Crippen LogP contribution in [0, 0.1) is 5.82 Å². The smallest absolute Gasteiger partial charge is 0.142 e. The average Bonchev–Trinajstić information content (AvgIpc) is 3.20. The largest absolute Gasteiger partial charge is 0.497 e. The number of H-pyrrole nitrogens is 2. The van der Waals surface area contributed by atoms with E-state index in [2.05, 4.69) is 20.2 Å². The molecule has 4 aromatic rings. The van der Waals surface area contributed by atoms with Crippen molar-refractivity contribution in [2.24, 2.45) is 0 Å². The maximum absolute atomic E-state index is 14.4. The van der Waals surface area contributed by atoms with Crippen LogP contribution in [0.15, 0.2) is 42.6 Å². The van der Waals surface area contributed by atoms with E-state index in [0.29, 0.717) is 33.4 Å². The number of methoxy groups -OCH3 is 1. The molecule has 0 radical (unpaired) electrons. The van der Waals surface area contributed by atoms with Crippen LogP contribution in [0.1, 0.15) is 0 Å². The fourth-order valence-electron chi connectivity index (χ4n) is 2.61. The predicted octanol–water partition coefficient (Wildman–Crippen LogP) is 4.42. The molecule has 0 aliphatic heterocycles. The Kier molecular flexibility index (Phi) is 3.46. The van der Waals surface area contributed by atoms with E-state index >= 15 is 0 Å². The molecule has 4 rings (SSSR count). The number of rotatable bonds is 3. The molecule has 0 saturated carbocycles. The number of ether oxygens (including phenoxy) is 1. The summed E-state index contributed by atoms with van der Waals surface area (Å²) in [6, 6.07) is 10.1. The maximum atomic E-state index is 14.4. The molecule has 2 aromatic carbocycles. The second-order valence-corrected chi connectivity index (χ2v) is 5.69. The van der Waals surface area contributed by atoms with Crippen LogP contribution in [0.3, 0.4) is 0 Å². The molecule has 0 spiro atoms. The highest BCUT2D eigenvalue weighted by Crippen LogP contribution is 2.33. The van der Waals surface area contributed by atoms with Crippen LogP contribution < -0.4 is 4.74 Å². The summed E-state index contributed by atoms with van der Waals surface area (Å²) in [5.74, 6) is 0.640. The number of nitrogens with one attached hydrogen (secondary N) is 2. The van der Waals surface area contributed by atoms with Crippen molar-refractivity contribution in [2.75, 3.05) is 7.11 Å². The normalized spacial score (nSPS) is 11.1. The summed E-state index contributed by atoms with van der Waals surface area (Å²) < 4.78 is 19.4. The lowest BCUT2D eigenvalue weighted by molar-refractivity contribution is 0.411. The van der Waals surface area contributed by atoms with Crippen molar-refractivity contribution in [1.82, 2.24) is 20.2 Å². The van der Waals surface area contributed by atoms with E-state index in [0.717, 1.165) is 11.0 Å². The van der Waals surface area contributed by atoms with Crippen molar-refractivity contribution in [2.45, 2.75) is 0 Å². The van der Waals surface area contributed by atoms with Crippen molar-refractivity contribution in [3.8, 4) is 28.4 Å². The molecule has 0 aliphatic carbocycles. The third kappa shape index (κ3) is 2.41. The molecule has 0 amide bonds. The van der Waals surface area contributed by atoms with Gasteiger partial charge in [0.1, 0.15) is 17.4 Å². The number of nitrogens with zero attached hydrogens (tertiary/aromatic N) is 2. The summed E-state index contributed by atoms with van der Waals surface area (Å²) in [6.45, 7) is 0. The fourth-order valence-corrected chi connectivity index (χ4v) is 2.78. The van der Waals surface area contributed by atoms with E-state index in [1.165, 1.54) is 13.2 Å². The van der Waals surface area contributed by atoms with Gasteiger partial charge in [0, 0.05) is 16.7 Å². The van der Waals surface area contributed by atoms with E-state index in [-0.39, 0.29) is 0 Å². The SMILES string of the molecule is COc1ccc(-c2[nH]ncc2-c2nc3ccc(Cl)cc3[nH]2)c(F)c1. The lowest BCUT2D eigenvalue weighted by Gasteiger charge is -2.05. The molecule has 0 bridgehead atoms. The highest BCUT2D eigenvalue weighted by atomic mass is 35.5. The number of halogens is 2. The summed E-state index contributed by atoms with van der Waals surface area (Å²) in [6.07, 6.45) is 1.61.